The molecule has 0 aliphatic heterocycles. The molecule has 11 nitrogen and oxygen atoms in total. The Balaban J connectivity index is 1.23. The van der Waals surface area contributed by atoms with Gasteiger partial charge in [-0.05, 0) is 171 Å². The fraction of sp³-hybridized carbons (Fsp3) is 0.0143. The van der Waals surface area contributed by atoms with Crippen LogP contribution in [0.3, 0.4) is 0 Å². The number of hydrogen-bond donors (Lipinski definition) is 0. The average molecular weight is 1080 g/mol. The maximum absolute atomic E-state index is 15.9. The fourth-order valence-electron chi connectivity index (χ4n) is 11.2. The van der Waals surface area contributed by atoms with E-state index in [4.69, 9.17) is 26.3 Å². The molecule has 0 bridgehead atoms. The van der Waals surface area contributed by atoms with Crippen molar-refractivity contribution in [3.63, 3.8) is 0 Å². The van der Waals surface area contributed by atoms with E-state index in [9.17, 15) is 26.3 Å². The predicted molar refractivity (Wildman–Crippen MR) is 316 cm³/mol. The summed E-state index contributed by atoms with van der Waals surface area (Å²) in [4.78, 5) is 14.4. The number of fused-ring (bicyclic) bond motifs is 6. The molecule has 0 saturated heterocycles. The van der Waals surface area contributed by atoms with Crippen LogP contribution >= 0.6 is 0 Å². The Labute approximate surface area is 477 Å². The van der Waals surface area contributed by atoms with E-state index < -0.39 is 11.7 Å². The van der Waals surface area contributed by atoms with E-state index in [1.54, 1.807) is 109 Å². The minimum Gasteiger partial charge on any atom is -0.308 e. The number of benzene rings is 10. The lowest BCUT2D eigenvalue weighted by atomic mass is 9.94. The van der Waals surface area contributed by atoms with Crippen LogP contribution in [0, 0.1) is 82.9 Å². The maximum Gasteiger partial charge on any atom is 0.417 e. The molecule has 0 aliphatic rings. The first kappa shape index (κ1) is 51.7. The van der Waals surface area contributed by atoms with Crippen LogP contribution in [-0.4, -0.2) is 9.13 Å². The topological polar surface area (TPSA) is 146 Å². The van der Waals surface area contributed by atoms with Gasteiger partial charge in [0, 0.05) is 38.2 Å². The quantitative estimate of drug-likeness (QED) is 0.146. The van der Waals surface area contributed by atoms with E-state index in [0.29, 0.717) is 88.1 Å². The van der Waals surface area contributed by atoms with Crippen molar-refractivity contribution in [1.82, 2.24) is 9.13 Å². The van der Waals surface area contributed by atoms with Crippen molar-refractivity contribution in [3.05, 3.63) is 261 Å². The van der Waals surface area contributed by atoms with Crippen LogP contribution in [0.15, 0.2) is 182 Å². The smallest absolute Gasteiger partial charge is 0.308 e. The summed E-state index contributed by atoms with van der Waals surface area (Å²) in [5, 5.41) is 53.5. The predicted octanol–water partition coefficient (Wildman–Crippen LogP) is 18.8. The van der Waals surface area contributed by atoms with E-state index in [1.807, 2.05) is 33.4 Å². The molecule has 12 aromatic rings. The molecule has 386 valence electrons. The van der Waals surface area contributed by atoms with Gasteiger partial charge in [-0.3, -0.25) is 0 Å². The van der Waals surface area contributed by atoms with Crippen molar-refractivity contribution in [3.8, 4) is 97.4 Å². The fourth-order valence-corrected chi connectivity index (χ4v) is 11.2. The molecule has 10 aromatic carbocycles. The minimum atomic E-state index is -4.90. The van der Waals surface area contributed by atoms with Gasteiger partial charge in [0.2, 0.25) is 0 Å². The van der Waals surface area contributed by atoms with Gasteiger partial charge in [-0.25, -0.2) is 19.4 Å². The molecule has 0 unspecified atom stereocenters. The van der Waals surface area contributed by atoms with E-state index in [0.717, 1.165) is 6.07 Å². The third-order valence-corrected chi connectivity index (χ3v) is 14.8. The van der Waals surface area contributed by atoms with Crippen molar-refractivity contribution in [2.75, 3.05) is 0 Å². The molecular weight excluding hydrogens is 1050 g/mol. The van der Waals surface area contributed by atoms with Crippen LogP contribution in [0.5, 0.6) is 0 Å². The lowest BCUT2D eigenvalue weighted by Crippen LogP contribution is -2.10. The van der Waals surface area contributed by atoms with Gasteiger partial charge in [-0.2, -0.15) is 39.5 Å². The van der Waals surface area contributed by atoms with Gasteiger partial charge in [0.25, 0.3) is 0 Å². The highest BCUT2D eigenvalue weighted by atomic mass is 19.4. The van der Waals surface area contributed by atoms with Gasteiger partial charge in [0.1, 0.15) is 0 Å². The second-order valence-electron chi connectivity index (χ2n) is 19.6. The van der Waals surface area contributed by atoms with Gasteiger partial charge in [0.15, 0.2) is 22.7 Å². The molecule has 14 heteroatoms. The lowest BCUT2D eigenvalue weighted by molar-refractivity contribution is -0.137. The second kappa shape index (κ2) is 20.3. The molecule has 0 aliphatic carbocycles. The van der Waals surface area contributed by atoms with Crippen LogP contribution in [0.4, 0.5) is 35.9 Å². The molecule has 0 N–H and O–H groups in total. The third kappa shape index (κ3) is 8.84. The summed E-state index contributed by atoms with van der Waals surface area (Å²) >= 11 is 0. The lowest BCUT2D eigenvalue weighted by Gasteiger charge is -2.23. The number of hydrogen-bond acceptors (Lipinski definition) is 5. The van der Waals surface area contributed by atoms with Crippen LogP contribution in [-0.2, 0) is 6.18 Å². The average Bonchev–Trinajstić information content (AvgIpc) is 1.64. The number of rotatable bonds is 7. The van der Waals surface area contributed by atoms with Gasteiger partial charge < -0.3 is 9.13 Å². The van der Waals surface area contributed by atoms with E-state index in [-0.39, 0.29) is 73.1 Å². The summed E-state index contributed by atoms with van der Waals surface area (Å²) in [7, 11) is 0. The Bertz CT molecular complexity index is 4640. The molecule has 12 rings (SSSR count). The molecule has 2 aromatic heterocycles. The molecule has 84 heavy (non-hydrogen) atoms. The molecule has 2 heterocycles. The highest BCUT2D eigenvalue weighted by Crippen LogP contribution is 2.48. The van der Waals surface area contributed by atoms with Crippen molar-refractivity contribution < 1.29 is 13.2 Å². The summed E-state index contributed by atoms with van der Waals surface area (Å²) in [6.45, 7) is 31.2. The Morgan fingerprint density at radius 1 is 0.333 bits per heavy atom. The summed E-state index contributed by atoms with van der Waals surface area (Å²) in [5.74, 6) is 0. The Morgan fingerprint density at radius 3 is 0.988 bits per heavy atom. The highest BCUT2D eigenvalue weighted by Gasteiger charge is 2.36. The molecule has 0 amide bonds. The normalized spacial score (nSPS) is 10.9. The Hall–Kier alpha value is -13.0. The van der Waals surface area contributed by atoms with Crippen LogP contribution < -0.4 is 0 Å². The Morgan fingerprint density at radius 2 is 0.643 bits per heavy atom. The van der Waals surface area contributed by atoms with Gasteiger partial charge in [-0.1, -0.05) is 60.7 Å². The zero-order valence-electron chi connectivity index (χ0n) is 43.4. The van der Waals surface area contributed by atoms with E-state index in [1.165, 1.54) is 42.5 Å². The molecular formula is C70H30F3N11. The zero-order valence-corrected chi connectivity index (χ0v) is 43.4. The number of halogens is 3. The highest BCUT2D eigenvalue weighted by molar-refractivity contribution is 6.15. The number of nitriles is 5. The number of aromatic nitrogens is 2. The molecule has 0 atom stereocenters. The first-order valence-electron chi connectivity index (χ1n) is 25.4. The van der Waals surface area contributed by atoms with Gasteiger partial charge in [0.05, 0.1) is 112 Å². The first-order valence-corrected chi connectivity index (χ1v) is 25.4. The van der Waals surface area contributed by atoms with Crippen molar-refractivity contribution in [1.29, 1.82) is 26.3 Å². The maximum atomic E-state index is 15.9. The number of nitrogens with zero attached hydrogens (tertiary/aromatic N) is 11. The van der Waals surface area contributed by atoms with Crippen LogP contribution in [0.1, 0.15) is 33.4 Å². The van der Waals surface area contributed by atoms with Gasteiger partial charge >= 0.3 is 6.18 Å². The Kier molecular flexibility index (Phi) is 12.5. The van der Waals surface area contributed by atoms with Crippen molar-refractivity contribution in [2.45, 2.75) is 6.18 Å². The summed E-state index contributed by atoms with van der Waals surface area (Å²) in [6.07, 6.45) is -4.90. The van der Waals surface area contributed by atoms with Crippen molar-refractivity contribution >= 4 is 66.4 Å². The largest absolute Gasteiger partial charge is 0.417 e. The van der Waals surface area contributed by atoms with E-state index >= 15 is 13.2 Å². The van der Waals surface area contributed by atoms with Crippen LogP contribution in [0.25, 0.3) is 130 Å². The SMILES string of the molecule is [C-]#[N+]c1cc(C#N)cc(-c2ccc3c(c2)c2cc(-c4cc(C#N)cc(C#N)c4)ccc2n3-c2cc(C#N)cc(-n3c4ccc(-c5cc(C#N)cc([N+]#[C-])c5)cc4c4cc(-c5cc([N+]#[C-])cc([N+]#[C-])c5)ccc43)c2-c2ccccc2C(F)(F)F)c1. The van der Waals surface area contributed by atoms with Crippen LogP contribution in [0.2, 0.25) is 0 Å². The third-order valence-electron chi connectivity index (χ3n) is 14.8. The van der Waals surface area contributed by atoms with Crippen molar-refractivity contribution in [2.24, 2.45) is 0 Å². The van der Waals surface area contributed by atoms with E-state index in [2.05, 4.69) is 49.7 Å². The molecule has 0 radical (unpaired) electrons. The van der Waals surface area contributed by atoms with Gasteiger partial charge in [-0.15, -0.1) is 0 Å². The summed E-state index contributed by atoms with van der Waals surface area (Å²) in [5.41, 5.74) is 8.02. The summed E-state index contributed by atoms with van der Waals surface area (Å²) < 4.78 is 51.3. The molecule has 0 spiro atoms. The zero-order chi connectivity index (χ0) is 58.6. The monoisotopic (exact) mass is 1080 g/mol. The summed E-state index contributed by atoms with van der Waals surface area (Å²) in [6, 6.07) is 60.3. The standard InChI is InChI=1S/C70H30F3N11/c1-79-53-22-42(37-76)20-50(26-53)46-10-14-64-59(31-46)58-30-45(49-18-40(35-74)17-41(19-49)36-75)9-13-63(58)83(64)67-24-44(39-78)25-68(69(67)57-7-5-6-8-62(57)70(71,72)73)84-65-15-11-47(51-21-43(38-77)23-54(27-51)80-2)32-60(65)61-33-48(12-16-66(61)84)52-28-55(81-3)34-56(29-52)82-4/h5-34H. The second-order valence-corrected chi connectivity index (χ2v) is 19.6. The molecule has 0 saturated carbocycles. The number of alkyl halides is 3. The minimum absolute atomic E-state index is 0.0829. The first-order chi connectivity index (χ1) is 40.8. The molecule has 0 fully saturated rings.